The van der Waals surface area contributed by atoms with Gasteiger partial charge < -0.3 is 4.43 Å². The molecule has 0 heterocycles. The first-order chi connectivity index (χ1) is 12.7. The highest BCUT2D eigenvalue weighted by Gasteiger charge is 2.47. The molecule has 0 saturated heterocycles. The van der Waals surface area contributed by atoms with E-state index in [9.17, 15) is 9.90 Å². The van der Waals surface area contributed by atoms with Gasteiger partial charge in [-0.05, 0) is 62.2 Å². The third-order valence-electron chi connectivity index (χ3n) is 6.57. The number of carbonyl (C=O) groups is 1. The van der Waals surface area contributed by atoms with Gasteiger partial charge >= 0.3 is 0 Å². The van der Waals surface area contributed by atoms with E-state index in [1.165, 1.54) is 5.57 Å². The number of carbonyl (C=O) groups excluding carboxylic acids is 1. The summed E-state index contributed by atoms with van der Waals surface area (Å²) in [4.78, 5) is 16.5. The van der Waals surface area contributed by atoms with E-state index in [0.29, 0.717) is 17.9 Å². The van der Waals surface area contributed by atoms with Crippen LogP contribution in [0.4, 0.5) is 0 Å². The van der Waals surface area contributed by atoms with Crippen molar-refractivity contribution in [3.8, 4) is 0 Å². The summed E-state index contributed by atoms with van der Waals surface area (Å²) in [5, 5.41) is 12.4. The summed E-state index contributed by atoms with van der Waals surface area (Å²) in [6, 6.07) is 0. The number of ketones is 1. The molecule has 2 rings (SSSR count). The number of rotatable bonds is 7. The van der Waals surface area contributed by atoms with E-state index in [-0.39, 0.29) is 41.2 Å². The lowest BCUT2D eigenvalue weighted by Gasteiger charge is -2.47. The Kier molecular flexibility index (Phi) is 7.05. The Morgan fingerprint density at radius 2 is 2.04 bits per heavy atom. The van der Waals surface area contributed by atoms with E-state index >= 15 is 0 Å². The van der Waals surface area contributed by atoms with Crippen LogP contribution >= 0.6 is 11.6 Å². The van der Waals surface area contributed by atoms with E-state index in [1.54, 1.807) is 0 Å². The molecule has 0 aliphatic heterocycles. The highest BCUT2D eigenvalue weighted by atomic mass is 35.5. The van der Waals surface area contributed by atoms with Crippen molar-refractivity contribution in [1.82, 2.24) is 0 Å². The van der Waals surface area contributed by atoms with Crippen LogP contribution in [-0.2, 0) is 14.3 Å². The highest BCUT2D eigenvalue weighted by Crippen LogP contribution is 2.49. The van der Waals surface area contributed by atoms with Crippen molar-refractivity contribution in [3.05, 3.63) is 22.8 Å². The molecule has 1 fully saturated rings. The normalized spacial score (nSPS) is 26.6. The molecule has 0 aromatic heterocycles. The first-order valence-corrected chi connectivity index (χ1v) is 13.5. The SMILES string of the molecule is C=C(Cl)CN=C([O])CCC1=C2CC[C@@](C)(O[Si](C)(C)C(C)(C)C)C[C@H]2CC1=O. The minimum absolute atomic E-state index is 0.145. The van der Waals surface area contributed by atoms with Crippen LogP contribution in [0.15, 0.2) is 27.7 Å². The zero-order valence-corrected chi connectivity index (χ0v) is 20.0. The molecule has 0 aromatic carbocycles. The summed E-state index contributed by atoms with van der Waals surface area (Å²) in [5.41, 5.74) is 1.96. The smallest absolute Gasteiger partial charge is 0.241 e. The van der Waals surface area contributed by atoms with E-state index in [1.807, 2.05) is 0 Å². The highest BCUT2D eigenvalue weighted by molar-refractivity contribution is 6.74. The molecule has 0 aromatic rings. The number of halogens is 1. The molecular weight excluding hydrogens is 390 g/mol. The maximum Gasteiger partial charge on any atom is 0.241 e. The van der Waals surface area contributed by atoms with Crippen LogP contribution in [-0.4, -0.2) is 32.1 Å². The number of hydrogen-bond donors (Lipinski definition) is 0. The summed E-state index contributed by atoms with van der Waals surface area (Å²) in [6.07, 6.45) is 4.04. The van der Waals surface area contributed by atoms with Crippen molar-refractivity contribution >= 4 is 31.6 Å². The lowest BCUT2D eigenvalue weighted by molar-refractivity contribution is -0.115. The van der Waals surface area contributed by atoms with Crippen LogP contribution in [0.2, 0.25) is 18.1 Å². The van der Waals surface area contributed by atoms with E-state index in [4.69, 9.17) is 16.0 Å². The number of nitrogens with zero attached hydrogens (tertiary/aromatic N) is 1. The maximum absolute atomic E-state index is 12.6. The van der Waals surface area contributed by atoms with Crippen molar-refractivity contribution in [2.45, 2.75) is 90.0 Å². The third-order valence-corrected chi connectivity index (χ3v) is 11.3. The van der Waals surface area contributed by atoms with Crippen LogP contribution < -0.4 is 0 Å². The lowest BCUT2D eigenvalue weighted by Crippen LogP contribution is -2.50. The average molecular weight is 425 g/mol. The van der Waals surface area contributed by atoms with E-state index < -0.39 is 8.32 Å². The summed E-state index contributed by atoms with van der Waals surface area (Å²) in [6.45, 7) is 17.3. The van der Waals surface area contributed by atoms with Crippen molar-refractivity contribution in [2.75, 3.05) is 6.54 Å². The molecule has 2 atom stereocenters. The van der Waals surface area contributed by atoms with Gasteiger partial charge in [-0.1, -0.05) is 44.5 Å². The third kappa shape index (κ3) is 5.58. The Hall–Kier alpha value is -0.913. The van der Waals surface area contributed by atoms with Crippen LogP contribution in [0.25, 0.3) is 0 Å². The summed E-state index contributed by atoms with van der Waals surface area (Å²) in [7, 11) is -1.87. The monoisotopic (exact) mass is 424 g/mol. The van der Waals surface area contributed by atoms with Gasteiger partial charge in [0.15, 0.2) is 14.1 Å². The lowest BCUT2D eigenvalue weighted by atomic mass is 9.76. The Morgan fingerprint density at radius 3 is 2.61 bits per heavy atom. The number of Topliss-reactive ketones (excluding diaryl/α,β-unsaturated/α-hetero) is 1. The second-order valence-corrected chi connectivity index (χ2v) is 15.3. The molecule has 0 bridgehead atoms. The van der Waals surface area contributed by atoms with Crippen molar-refractivity contribution in [3.63, 3.8) is 0 Å². The zero-order valence-electron chi connectivity index (χ0n) is 18.3. The molecule has 0 amide bonds. The Labute approximate surface area is 176 Å². The Bertz CT molecular complexity index is 705. The molecule has 157 valence electrons. The van der Waals surface area contributed by atoms with Crippen LogP contribution in [0, 0.1) is 5.92 Å². The first kappa shape index (κ1) is 23.4. The van der Waals surface area contributed by atoms with Gasteiger partial charge in [0, 0.05) is 17.9 Å². The quantitative estimate of drug-likeness (QED) is 0.277. The maximum atomic E-state index is 12.6. The molecule has 0 N–H and O–H groups in total. The van der Waals surface area contributed by atoms with Gasteiger partial charge in [-0.3, -0.25) is 9.90 Å². The van der Waals surface area contributed by atoms with Gasteiger partial charge in [-0.25, -0.2) is 4.99 Å². The van der Waals surface area contributed by atoms with Crippen LogP contribution in [0.1, 0.15) is 66.2 Å². The first-order valence-electron chi connectivity index (χ1n) is 10.2. The van der Waals surface area contributed by atoms with Gasteiger partial charge in [0.25, 0.3) is 0 Å². The average Bonchev–Trinajstić information content (AvgIpc) is 2.82. The predicted octanol–water partition coefficient (Wildman–Crippen LogP) is 6.20. The largest absolute Gasteiger partial charge is 0.412 e. The molecule has 2 aliphatic rings. The fourth-order valence-electron chi connectivity index (χ4n) is 4.12. The minimum Gasteiger partial charge on any atom is -0.412 e. The zero-order chi connectivity index (χ0) is 21.3. The Morgan fingerprint density at radius 1 is 1.39 bits per heavy atom. The van der Waals surface area contributed by atoms with Gasteiger partial charge in [-0.15, -0.1) is 0 Å². The van der Waals surface area contributed by atoms with Crippen LogP contribution in [0.5, 0.6) is 0 Å². The molecule has 1 saturated carbocycles. The predicted molar refractivity (Wildman–Crippen MR) is 118 cm³/mol. The fraction of sp³-hybridized carbons (Fsp3) is 0.727. The number of hydrogen-bond acceptors (Lipinski definition) is 3. The summed E-state index contributed by atoms with van der Waals surface area (Å²) in [5.74, 6) is 0.250. The molecule has 4 nitrogen and oxygen atoms in total. The second kappa shape index (κ2) is 8.45. The summed E-state index contributed by atoms with van der Waals surface area (Å²) >= 11 is 5.65. The Balaban J connectivity index is 2.07. The fourth-order valence-corrected chi connectivity index (χ4v) is 5.90. The van der Waals surface area contributed by atoms with Crippen molar-refractivity contribution < 1.29 is 14.3 Å². The molecule has 1 radical (unpaired) electrons. The van der Waals surface area contributed by atoms with Gasteiger partial charge in [0.2, 0.25) is 5.90 Å². The molecule has 0 spiro atoms. The molecular formula is C22H35ClNO3Si. The number of allylic oxidation sites excluding steroid dienone is 2. The second-order valence-electron chi connectivity index (χ2n) is 10.1. The van der Waals surface area contributed by atoms with Gasteiger partial charge in [-0.2, -0.15) is 0 Å². The number of fused-ring (bicyclic) bond motifs is 1. The van der Waals surface area contributed by atoms with Gasteiger partial charge in [0.05, 0.1) is 12.1 Å². The van der Waals surface area contributed by atoms with Crippen LogP contribution in [0.3, 0.4) is 0 Å². The molecule has 2 aliphatic carbocycles. The topological polar surface area (TPSA) is 58.6 Å². The number of aliphatic imine (C=N–C) groups is 1. The molecule has 28 heavy (non-hydrogen) atoms. The summed E-state index contributed by atoms with van der Waals surface area (Å²) < 4.78 is 6.78. The molecule has 0 unspecified atom stereocenters. The van der Waals surface area contributed by atoms with E-state index in [2.05, 4.69) is 52.4 Å². The van der Waals surface area contributed by atoms with E-state index in [0.717, 1.165) is 24.8 Å². The van der Waals surface area contributed by atoms with Crippen molar-refractivity contribution in [2.24, 2.45) is 10.9 Å². The van der Waals surface area contributed by atoms with Gasteiger partial charge in [0.1, 0.15) is 0 Å². The minimum atomic E-state index is -1.87. The van der Waals surface area contributed by atoms with Crippen molar-refractivity contribution in [1.29, 1.82) is 0 Å². The standard InChI is InChI=1S/C22H35ClNO3Si/c1-15(23)14-24-20(26)9-8-18-17-10-11-22(5,13-16(17)12-19(18)25)27-28(6,7)21(2,3)4/h16H,1,8-14H2,2-7H3/t16-,22-/m1/s1. The molecule has 6 heteroatoms.